The molecule has 84 valence electrons. The zero-order valence-corrected chi connectivity index (χ0v) is 11.8. The quantitative estimate of drug-likeness (QED) is 0.798. The van der Waals surface area contributed by atoms with Crippen LogP contribution in [0.5, 0.6) is 0 Å². The highest BCUT2D eigenvalue weighted by Crippen LogP contribution is 2.34. The van der Waals surface area contributed by atoms with Gasteiger partial charge in [-0.2, -0.15) is 5.10 Å². The van der Waals surface area contributed by atoms with E-state index in [-0.39, 0.29) is 0 Å². The Labute approximate surface area is 111 Å². The molecule has 0 radical (unpaired) electrons. The number of hydrogen-bond acceptors (Lipinski definition) is 4. The van der Waals surface area contributed by atoms with Crippen molar-refractivity contribution in [2.75, 3.05) is 0 Å². The number of halogens is 2. The lowest BCUT2D eigenvalue weighted by molar-refractivity contribution is 0.692. The Balaban J connectivity index is 2.34. The van der Waals surface area contributed by atoms with Crippen molar-refractivity contribution in [3.63, 3.8) is 0 Å². The molecule has 0 amide bonds. The molecule has 0 saturated heterocycles. The van der Waals surface area contributed by atoms with Gasteiger partial charge >= 0.3 is 0 Å². The molecule has 0 aliphatic heterocycles. The molecule has 0 fully saturated rings. The van der Waals surface area contributed by atoms with E-state index in [1.807, 2.05) is 24.7 Å². The van der Waals surface area contributed by atoms with Gasteiger partial charge in [0.05, 0.1) is 10.2 Å². The van der Waals surface area contributed by atoms with Crippen LogP contribution in [0, 0.1) is 6.92 Å². The van der Waals surface area contributed by atoms with Crippen molar-refractivity contribution in [3.8, 4) is 0 Å². The van der Waals surface area contributed by atoms with Gasteiger partial charge in [-0.25, -0.2) is 9.97 Å². The highest BCUT2D eigenvalue weighted by molar-refractivity contribution is 9.10. The van der Waals surface area contributed by atoms with Crippen LogP contribution in [0.2, 0.25) is 5.15 Å². The van der Waals surface area contributed by atoms with E-state index in [1.54, 1.807) is 0 Å². The summed E-state index contributed by atoms with van der Waals surface area (Å²) in [6, 6.07) is 1.99. The summed E-state index contributed by atoms with van der Waals surface area (Å²) >= 11 is 10.7. The molecule has 2 aromatic heterocycles. The van der Waals surface area contributed by atoms with E-state index in [4.69, 9.17) is 11.6 Å². The average molecular weight is 320 g/mol. The Hall–Kier alpha value is -0.590. The Kier molecular flexibility index (Phi) is 3.51. The van der Waals surface area contributed by atoms with Gasteiger partial charge in [-0.1, -0.05) is 11.6 Å². The summed E-state index contributed by atoms with van der Waals surface area (Å²) in [6.07, 6.45) is 1.44. The van der Waals surface area contributed by atoms with Gasteiger partial charge < -0.3 is 0 Å². The van der Waals surface area contributed by atoms with Gasteiger partial charge in [-0.15, -0.1) is 0 Å². The molecule has 2 aromatic rings. The summed E-state index contributed by atoms with van der Waals surface area (Å²) in [7, 11) is 1.89. The lowest BCUT2D eigenvalue weighted by atomic mass is 10.5. The first-order chi connectivity index (χ1) is 7.58. The highest BCUT2D eigenvalue weighted by Gasteiger charge is 2.11. The lowest BCUT2D eigenvalue weighted by Gasteiger charge is -2.03. The second kappa shape index (κ2) is 4.73. The van der Waals surface area contributed by atoms with Crippen LogP contribution >= 0.6 is 39.3 Å². The summed E-state index contributed by atoms with van der Waals surface area (Å²) in [6.45, 7) is 1.95. The summed E-state index contributed by atoms with van der Waals surface area (Å²) in [5, 5.41) is 6.46. The second-order valence-corrected chi connectivity index (χ2v) is 5.29. The van der Waals surface area contributed by atoms with E-state index in [0.29, 0.717) is 9.63 Å². The van der Waals surface area contributed by atoms with E-state index in [2.05, 4.69) is 31.0 Å². The zero-order chi connectivity index (χ0) is 11.7. The van der Waals surface area contributed by atoms with Crippen molar-refractivity contribution in [2.24, 2.45) is 7.05 Å². The molecule has 4 nitrogen and oxygen atoms in total. The molecule has 0 bridgehead atoms. The second-order valence-electron chi connectivity index (χ2n) is 3.13. The number of aryl methyl sites for hydroxylation is 2. The van der Waals surface area contributed by atoms with Crippen molar-refractivity contribution in [1.29, 1.82) is 0 Å². The smallest absolute Gasteiger partial charge is 0.147 e. The molecule has 2 rings (SSSR count). The number of nitrogens with zero attached hydrogens (tertiary/aromatic N) is 4. The minimum absolute atomic E-state index is 0.413. The maximum Gasteiger partial charge on any atom is 0.147 e. The van der Waals surface area contributed by atoms with Crippen LogP contribution in [0.3, 0.4) is 0 Å². The highest BCUT2D eigenvalue weighted by atomic mass is 79.9. The van der Waals surface area contributed by atoms with Crippen molar-refractivity contribution >= 4 is 39.3 Å². The standard InChI is InChI=1S/C9H8BrClN4S/c1-5-3-6(15(2)14-5)16-9-7(10)8(11)12-4-13-9/h3-4H,1-2H3. The van der Waals surface area contributed by atoms with Gasteiger partial charge in [0.15, 0.2) is 0 Å². The molecule has 2 heterocycles. The van der Waals surface area contributed by atoms with Gasteiger partial charge in [-0.3, -0.25) is 4.68 Å². The fraction of sp³-hybridized carbons (Fsp3) is 0.222. The van der Waals surface area contributed by atoms with Gasteiger partial charge in [0.25, 0.3) is 0 Å². The molecule has 0 atom stereocenters. The third kappa shape index (κ3) is 2.39. The summed E-state index contributed by atoms with van der Waals surface area (Å²) in [5.74, 6) is 0. The molecule has 0 saturated carbocycles. The fourth-order valence-electron chi connectivity index (χ4n) is 1.19. The van der Waals surface area contributed by atoms with Gasteiger partial charge in [-0.05, 0) is 40.7 Å². The molecule has 0 N–H and O–H groups in total. The monoisotopic (exact) mass is 318 g/mol. The Morgan fingerprint density at radius 2 is 2.19 bits per heavy atom. The van der Waals surface area contributed by atoms with Crippen LogP contribution in [0.4, 0.5) is 0 Å². The van der Waals surface area contributed by atoms with Crippen LogP contribution in [0.1, 0.15) is 5.69 Å². The van der Waals surface area contributed by atoms with Crippen LogP contribution in [0.25, 0.3) is 0 Å². The van der Waals surface area contributed by atoms with Crippen LogP contribution in [-0.2, 0) is 7.05 Å². The van der Waals surface area contributed by atoms with Crippen LogP contribution in [0.15, 0.2) is 26.9 Å². The SMILES string of the molecule is Cc1cc(Sc2ncnc(Cl)c2Br)n(C)n1. The minimum Gasteiger partial charge on any atom is -0.261 e. The minimum atomic E-state index is 0.413. The van der Waals surface area contributed by atoms with E-state index in [9.17, 15) is 0 Å². The van der Waals surface area contributed by atoms with Crippen molar-refractivity contribution in [1.82, 2.24) is 19.7 Å². The Morgan fingerprint density at radius 1 is 1.44 bits per heavy atom. The van der Waals surface area contributed by atoms with Gasteiger partial charge in [0.1, 0.15) is 21.5 Å². The molecule has 0 aromatic carbocycles. The third-order valence-electron chi connectivity index (χ3n) is 1.88. The van der Waals surface area contributed by atoms with Gasteiger partial charge in [0, 0.05) is 7.05 Å². The summed E-state index contributed by atoms with van der Waals surface area (Å²) in [4.78, 5) is 8.04. The first-order valence-electron chi connectivity index (χ1n) is 4.42. The third-order valence-corrected chi connectivity index (χ3v) is 4.50. The van der Waals surface area contributed by atoms with E-state index in [1.165, 1.54) is 18.1 Å². The molecule has 16 heavy (non-hydrogen) atoms. The predicted octanol–water partition coefficient (Wildman–Crippen LogP) is 3.09. The molecular weight excluding hydrogens is 312 g/mol. The largest absolute Gasteiger partial charge is 0.261 e. The summed E-state index contributed by atoms with van der Waals surface area (Å²) < 4.78 is 2.52. The maximum absolute atomic E-state index is 5.89. The van der Waals surface area contributed by atoms with Crippen LogP contribution in [-0.4, -0.2) is 19.7 Å². The van der Waals surface area contributed by atoms with Crippen molar-refractivity contribution in [3.05, 3.63) is 27.7 Å². The fourth-order valence-corrected chi connectivity index (χ4v) is 2.71. The van der Waals surface area contributed by atoms with Gasteiger partial charge in [0.2, 0.25) is 0 Å². The normalized spacial score (nSPS) is 10.8. The van der Waals surface area contributed by atoms with E-state index in [0.717, 1.165) is 15.7 Å². The molecular formula is C9H8BrClN4S. The van der Waals surface area contributed by atoms with Crippen molar-refractivity contribution in [2.45, 2.75) is 17.0 Å². The maximum atomic E-state index is 5.89. The van der Waals surface area contributed by atoms with Crippen molar-refractivity contribution < 1.29 is 0 Å². The first kappa shape index (κ1) is 11.9. The Morgan fingerprint density at radius 3 is 2.81 bits per heavy atom. The number of hydrogen-bond donors (Lipinski definition) is 0. The molecule has 0 spiro atoms. The molecule has 0 aliphatic carbocycles. The van der Waals surface area contributed by atoms with Crippen LogP contribution < -0.4 is 0 Å². The molecule has 7 heteroatoms. The molecule has 0 unspecified atom stereocenters. The average Bonchev–Trinajstić information content (AvgIpc) is 2.53. The Bertz CT molecular complexity index is 528. The lowest BCUT2D eigenvalue weighted by Crippen LogP contribution is -1.93. The predicted molar refractivity (Wildman–Crippen MR) is 66.8 cm³/mol. The zero-order valence-electron chi connectivity index (χ0n) is 8.61. The van der Waals surface area contributed by atoms with E-state index < -0.39 is 0 Å². The number of rotatable bonds is 2. The van der Waals surface area contributed by atoms with E-state index >= 15 is 0 Å². The molecule has 0 aliphatic rings. The first-order valence-corrected chi connectivity index (χ1v) is 6.41. The summed E-state index contributed by atoms with van der Waals surface area (Å²) in [5.41, 5.74) is 0.973. The topological polar surface area (TPSA) is 43.6 Å². The number of aromatic nitrogens is 4.